The first kappa shape index (κ1) is 17.6. The monoisotopic (exact) mass is 334 g/mol. The van der Waals surface area contributed by atoms with Crippen molar-refractivity contribution in [3.63, 3.8) is 0 Å². The lowest BCUT2D eigenvalue weighted by molar-refractivity contribution is -0.136. The fraction of sp³-hybridized carbons (Fsp3) is 0.312. The molecule has 0 spiro atoms. The van der Waals surface area contributed by atoms with Crippen molar-refractivity contribution >= 4 is 17.6 Å². The van der Waals surface area contributed by atoms with Gasteiger partial charge in [-0.05, 0) is 38.7 Å². The number of carbonyl (C=O) groups excluding carboxylic acids is 2. The first-order chi connectivity index (χ1) is 11.4. The number of halogens is 1. The Bertz CT molecular complexity index is 712. The maximum atomic E-state index is 13.0. The molecule has 1 aromatic carbocycles. The summed E-state index contributed by atoms with van der Waals surface area (Å²) in [5, 5.41) is 8.49. The summed E-state index contributed by atoms with van der Waals surface area (Å²) in [6, 6.07) is 7.30. The number of carbonyl (C=O) groups is 2. The number of likely N-dealkylation sites (N-methyl/N-ethyl adjacent to an activating group) is 1. The van der Waals surface area contributed by atoms with Crippen LogP contribution in [0, 0.1) is 12.7 Å². The Morgan fingerprint density at radius 3 is 2.46 bits per heavy atom. The molecule has 0 unspecified atom stereocenters. The molecule has 2 amide bonds. The van der Waals surface area contributed by atoms with Gasteiger partial charge >= 0.3 is 11.8 Å². The summed E-state index contributed by atoms with van der Waals surface area (Å²) in [6.07, 6.45) is 0. The summed E-state index contributed by atoms with van der Waals surface area (Å²) in [7, 11) is 3.66. The maximum Gasteiger partial charge on any atom is 0.314 e. The van der Waals surface area contributed by atoms with Crippen LogP contribution in [0.25, 0.3) is 0 Å². The lowest BCUT2D eigenvalue weighted by atomic mass is 10.1. The van der Waals surface area contributed by atoms with Crippen molar-refractivity contribution in [2.75, 3.05) is 26.0 Å². The van der Waals surface area contributed by atoms with Crippen LogP contribution >= 0.6 is 0 Å². The highest BCUT2D eigenvalue weighted by molar-refractivity contribution is 6.39. The second-order valence-electron chi connectivity index (χ2n) is 5.52. The van der Waals surface area contributed by atoms with Crippen LogP contribution in [0.5, 0.6) is 0 Å². The molecule has 2 rings (SSSR count). The first-order valence-electron chi connectivity index (χ1n) is 7.31. The van der Waals surface area contributed by atoms with Crippen LogP contribution in [0.2, 0.25) is 0 Å². The van der Waals surface area contributed by atoms with Crippen LogP contribution in [0.1, 0.15) is 17.4 Å². The number of amides is 2. The molecule has 0 saturated heterocycles. The van der Waals surface area contributed by atoms with Crippen LogP contribution in [0.3, 0.4) is 0 Å². The summed E-state index contributed by atoms with van der Waals surface area (Å²) in [6.45, 7) is 1.87. The molecule has 0 aliphatic rings. The second-order valence-corrected chi connectivity index (χ2v) is 5.52. The van der Waals surface area contributed by atoms with Gasteiger partial charge in [0, 0.05) is 12.6 Å². The highest BCUT2D eigenvalue weighted by Crippen LogP contribution is 2.17. The zero-order valence-corrected chi connectivity index (χ0v) is 13.7. The van der Waals surface area contributed by atoms with Gasteiger partial charge in [0.25, 0.3) is 0 Å². The van der Waals surface area contributed by atoms with E-state index in [9.17, 15) is 14.0 Å². The molecule has 2 aromatic rings. The molecule has 2 N–H and O–H groups in total. The molecule has 0 radical (unpaired) electrons. The van der Waals surface area contributed by atoms with E-state index in [0.717, 1.165) is 5.56 Å². The van der Waals surface area contributed by atoms with Crippen molar-refractivity contribution in [2.24, 2.45) is 0 Å². The highest BCUT2D eigenvalue weighted by Gasteiger charge is 2.19. The van der Waals surface area contributed by atoms with Gasteiger partial charge < -0.3 is 14.7 Å². The summed E-state index contributed by atoms with van der Waals surface area (Å²) in [5.74, 6) is -1.25. The molecule has 8 heteroatoms. The molecule has 128 valence electrons. The molecule has 24 heavy (non-hydrogen) atoms. The Morgan fingerprint density at radius 2 is 1.92 bits per heavy atom. The van der Waals surface area contributed by atoms with Gasteiger partial charge in [0.2, 0.25) is 0 Å². The third-order valence-electron chi connectivity index (χ3n) is 3.41. The second kappa shape index (κ2) is 7.69. The van der Waals surface area contributed by atoms with Gasteiger partial charge in [-0.25, -0.2) is 4.39 Å². The van der Waals surface area contributed by atoms with E-state index in [0.29, 0.717) is 5.76 Å². The predicted octanol–water partition coefficient (Wildman–Crippen LogP) is 1.48. The minimum atomic E-state index is -0.833. The molecule has 1 atom stereocenters. The SMILES string of the molecule is Cc1cc(NC(=O)C(=O)NC[C@H](c2ccc(F)cc2)N(C)C)no1. The topological polar surface area (TPSA) is 87.5 Å². The van der Waals surface area contributed by atoms with Crippen molar-refractivity contribution in [3.8, 4) is 0 Å². The van der Waals surface area contributed by atoms with Gasteiger partial charge in [0.1, 0.15) is 11.6 Å². The van der Waals surface area contributed by atoms with Crippen molar-refractivity contribution < 1.29 is 18.5 Å². The average molecular weight is 334 g/mol. The van der Waals surface area contributed by atoms with Crippen molar-refractivity contribution in [1.29, 1.82) is 0 Å². The van der Waals surface area contributed by atoms with Gasteiger partial charge in [0.15, 0.2) is 5.82 Å². The van der Waals surface area contributed by atoms with Crippen molar-refractivity contribution in [3.05, 3.63) is 47.5 Å². The zero-order chi connectivity index (χ0) is 17.7. The van der Waals surface area contributed by atoms with Crippen LogP contribution < -0.4 is 10.6 Å². The fourth-order valence-electron chi connectivity index (χ4n) is 2.15. The van der Waals surface area contributed by atoms with E-state index in [1.165, 1.54) is 18.2 Å². The molecule has 0 aliphatic heterocycles. The molecule has 0 bridgehead atoms. The van der Waals surface area contributed by atoms with Gasteiger partial charge in [-0.2, -0.15) is 0 Å². The Balaban J connectivity index is 1.94. The molecule has 1 aromatic heterocycles. The predicted molar refractivity (Wildman–Crippen MR) is 85.7 cm³/mol. The van der Waals surface area contributed by atoms with E-state index in [4.69, 9.17) is 4.52 Å². The summed E-state index contributed by atoms with van der Waals surface area (Å²) in [5.41, 5.74) is 0.828. The van der Waals surface area contributed by atoms with Crippen LogP contribution in [-0.4, -0.2) is 42.5 Å². The molecule has 0 fully saturated rings. The number of rotatable bonds is 5. The number of nitrogens with one attached hydrogen (secondary N) is 2. The average Bonchev–Trinajstić information content (AvgIpc) is 2.93. The zero-order valence-electron chi connectivity index (χ0n) is 13.7. The summed E-state index contributed by atoms with van der Waals surface area (Å²) >= 11 is 0. The number of aryl methyl sites for hydroxylation is 1. The number of aromatic nitrogens is 1. The van der Waals surface area contributed by atoms with Crippen LogP contribution in [-0.2, 0) is 9.59 Å². The standard InChI is InChI=1S/C16H19FN4O3/c1-10-8-14(20-24-10)19-16(23)15(22)18-9-13(21(2)3)11-4-6-12(17)7-5-11/h4-8,13H,9H2,1-3H3,(H,18,22)(H,19,20,23)/t13-/m1/s1. The lowest BCUT2D eigenvalue weighted by Gasteiger charge is -2.25. The minimum absolute atomic E-state index is 0.176. The van der Waals surface area contributed by atoms with E-state index in [1.807, 2.05) is 19.0 Å². The number of hydrogen-bond acceptors (Lipinski definition) is 5. The molecule has 1 heterocycles. The maximum absolute atomic E-state index is 13.0. The summed E-state index contributed by atoms with van der Waals surface area (Å²) < 4.78 is 17.8. The fourth-order valence-corrected chi connectivity index (χ4v) is 2.15. The molecular weight excluding hydrogens is 315 g/mol. The van der Waals surface area contributed by atoms with Gasteiger partial charge in [0.05, 0.1) is 6.04 Å². The molecule has 7 nitrogen and oxygen atoms in total. The minimum Gasteiger partial charge on any atom is -0.360 e. The smallest absolute Gasteiger partial charge is 0.314 e. The summed E-state index contributed by atoms with van der Waals surface area (Å²) in [4.78, 5) is 25.6. The number of nitrogens with zero attached hydrogens (tertiary/aromatic N) is 2. The molecular formula is C16H19FN4O3. The Hall–Kier alpha value is -2.74. The Morgan fingerprint density at radius 1 is 1.25 bits per heavy atom. The first-order valence-corrected chi connectivity index (χ1v) is 7.31. The van der Waals surface area contributed by atoms with Gasteiger partial charge in [-0.1, -0.05) is 17.3 Å². The lowest BCUT2D eigenvalue weighted by Crippen LogP contribution is -2.40. The highest BCUT2D eigenvalue weighted by atomic mass is 19.1. The van der Waals surface area contributed by atoms with Crippen LogP contribution in [0.4, 0.5) is 10.2 Å². The van der Waals surface area contributed by atoms with Crippen molar-refractivity contribution in [1.82, 2.24) is 15.4 Å². The van der Waals surface area contributed by atoms with E-state index in [-0.39, 0.29) is 24.2 Å². The number of hydrogen-bond donors (Lipinski definition) is 2. The Labute approximate surface area is 138 Å². The van der Waals surface area contributed by atoms with E-state index in [2.05, 4.69) is 15.8 Å². The quantitative estimate of drug-likeness (QED) is 0.809. The normalized spacial score (nSPS) is 12.0. The van der Waals surface area contributed by atoms with Gasteiger partial charge in [-0.15, -0.1) is 0 Å². The Kier molecular flexibility index (Phi) is 5.64. The number of anilines is 1. The third kappa shape index (κ3) is 4.63. The largest absolute Gasteiger partial charge is 0.360 e. The van der Waals surface area contributed by atoms with E-state index in [1.54, 1.807) is 19.1 Å². The van der Waals surface area contributed by atoms with Crippen molar-refractivity contribution in [2.45, 2.75) is 13.0 Å². The van der Waals surface area contributed by atoms with E-state index < -0.39 is 11.8 Å². The number of benzene rings is 1. The molecule has 0 saturated carbocycles. The van der Waals surface area contributed by atoms with Crippen LogP contribution in [0.15, 0.2) is 34.9 Å². The van der Waals surface area contributed by atoms with Gasteiger partial charge in [-0.3, -0.25) is 14.9 Å². The van der Waals surface area contributed by atoms with E-state index >= 15 is 0 Å². The third-order valence-corrected chi connectivity index (χ3v) is 3.41. The molecule has 0 aliphatic carbocycles.